The quantitative estimate of drug-likeness (QED) is 0.880. The van der Waals surface area contributed by atoms with E-state index in [1.807, 2.05) is 6.07 Å². The van der Waals surface area contributed by atoms with E-state index >= 15 is 0 Å². The number of benzene rings is 1. The van der Waals surface area contributed by atoms with Crippen LogP contribution in [0.4, 0.5) is 5.13 Å². The summed E-state index contributed by atoms with van der Waals surface area (Å²) in [6, 6.07) is 11.1. The molecule has 3 rings (SSSR count). The Morgan fingerprint density at radius 3 is 2.76 bits per heavy atom. The van der Waals surface area contributed by atoms with E-state index < -0.39 is 0 Å². The van der Waals surface area contributed by atoms with Crippen LogP contribution in [0, 0.1) is 0 Å². The molecule has 0 radical (unpaired) electrons. The molecule has 0 atom stereocenters. The van der Waals surface area contributed by atoms with E-state index in [0.717, 1.165) is 23.8 Å². The minimum atomic E-state index is 0.657. The van der Waals surface area contributed by atoms with Crippen LogP contribution in [0.3, 0.4) is 0 Å². The predicted molar refractivity (Wildman–Crippen MR) is 70.4 cm³/mol. The molecular weight excluding hydrogens is 230 g/mol. The number of nitrogens with one attached hydrogen (secondary N) is 1. The van der Waals surface area contributed by atoms with Gasteiger partial charge < -0.3 is 5.32 Å². The number of anilines is 1. The highest BCUT2D eigenvalue weighted by Gasteiger charge is 2.22. The lowest BCUT2D eigenvalue weighted by molar-refractivity contribution is 0.889. The van der Waals surface area contributed by atoms with Crippen molar-refractivity contribution in [2.45, 2.75) is 31.7 Å². The van der Waals surface area contributed by atoms with E-state index in [1.165, 1.54) is 29.9 Å². The van der Waals surface area contributed by atoms with E-state index in [0.29, 0.717) is 6.04 Å². The zero-order chi connectivity index (χ0) is 11.5. The van der Waals surface area contributed by atoms with Crippen molar-refractivity contribution in [1.29, 1.82) is 0 Å². The topological polar surface area (TPSA) is 37.8 Å². The number of hydrogen-bond donors (Lipinski definition) is 1. The number of hydrogen-bond acceptors (Lipinski definition) is 4. The Balaban J connectivity index is 1.55. The summed E-state index contributed by atoms with van der Waals surface area (Å²) >= 11 is 1.48. The summed E-state index contributed by atoms with van der Waals surface area (Å²) in [5, 5.41) is 4.36. The molecule has 1 N–H and O–H groups in total. The second-order valence-electron chi connectivity index (χ2n) is 4.42. The number of aryl methyl sites for hydroxylation is 2. The highest BCUT2D eigenvalue weighted by atomic mass is 32.1. The van der Waals surface area contributed by atoms with Gasteiger partial charge in [-0.1, -0.05) is 30.3 Å². The minimum absolute atomic E-state index is 0.657. The summed E-state index contributed by atoms with van der Waals surface area (Å²) in [6.07, 6.45) is 4.49. The Bertz CT molecular complexity index is 476. The van der Waals surface area contributed by atoms with E-state index in [1.54, 1.807) is 0 Å². The molecule has 1 aliphatic rings. The largest absolute Gasteiger partial charge is 0.358 e. The highest BCUT2D eigenvalue weighted by molar-refractivity contribution is 7.09. The Kier molecular flexibility index (Phi) is 3.05. The van der Waals surface area contributed by atoms with Crippen LogP contribution in [-0.2, 0) is 12.8 Å². The average molecular weight is 245 g/mol. The highest BCUT2D eigenvalue weighted by Crippen LogP contribution is 2.25. The summed E-state index contributed by atoms with van der Waals surface area (Å²) in [6.45, 7) is 0. The molecule has 1 fully saturated rings. The lowest BCUT2D eigenvalue weighted by atomic mass is 10.1. The summed E-state index contributed by atoms with van der Waals surface area (Å²) in [4.78, 5) is 4.50. The van der Waals surface area contributed by atoms with Crippen LogP contribution in [-0.4, -0.2) is 15.4 Å². The lowest BCUT2D eigenvalue weighted by Crippen LogP contribution is -2.00. The van der Waals surface area contributed by atoms with E-state index in [2.05, 4.69) is 38.9 Å². The first kappa shape index (κ1) is 10.7. The first-order chi connectivity index (χ1) is 8.40. The SMILES string of the molecule is c1ccc(CCc2nsc(NC3CC3)n2)cc1. The average Bonchev–Trinajstić information content (AvgIpc) is 3.06. The first-order valence-corrected chi connectivity index (χ1v) is 6.80. The monoisotopic (exact) mass is 245 g/mol. The fourth-order valence-electron chi connectivity index (χ4n) is 1.72. The number of nitrogens with zero attached hydrogens (tertiary/aromatic N) is 2. The molecule has 1 aromatic heterocycles. The Morgan fingerprint density at radius 2 is 2.00 bits per heavy atom. The molecule has 1 saturated carbocycles. The Labute approximate surface area is 105 Å². The van der Waals surface area contributed by atoms with E-state index in [-0.39, 0.29) is 0 Å². The van der Waals surface area contributed by atoms with Gasteiger partial charge in [-0.05, 0) is 24.8 Å². The van der Waals surface area contributed by atoms with Gasteiger partial charge in [0.05, 0.1) is 0 Å². The molecule has 0 bridgehead atoms. The maximum atomic E-state index is 4.50. The van der Waals surface area contributed by atoms with Crippen molar-refractivity contribution in [3.8, 4) is 0 Å². The fourth-order valence-corrected chi connectivity index (χ4v) is 2.41. The van der Waals surface area contributed by atoms with Crippen LogP contribution in [0.1, 0.15) is 24.2 Å². The number of aromatic nitrogens is 2. The van der Waals surface area contributed by atoms with Crippen LogP contribution in [0.5, 0.6) is 0 Å². The predicted octanol–water partition coefficient (Wildman–Crippen LogP) is 2.90. The third-order valence-electron chi connectivity index (χ3n) is 2.85. The van der Waals surface area contributed by atoms with Gasteiger partial charge in [0, 0.05) is 24.0 Å². The molecule has 0 aliphatic heterocycles. The molecule has 1 aromatic carbocycles. The zero-order valence-corrected chi connectivity index (χ0v) is 10.4. The van der Waals surface area contributed by atoms with Gasteiger partial charge in [0.15, 0.2) is 0 Å². The fraction of sp³-hybridized carbons (Fsp3) is 0.385. The van der Waals surface area contributed by atoms with E-state index in [4.69, 9.17) is 0 Å². The maximum Gasteiger partial charge on any atom is 0.202 e. The van der Waals surface area contributed by atoms with Crippen LogP contribution < -0.4 is 5.32 Å². The molecule has 1 heterocycles. The molecule has 0 saturated heterocycles. The van der Waals surface area contributed by atoms with Gasteiger partial charge in [0.1, 0.15) is 5.82 Å². The van der Waals surface area contributed by atoms with Crippen molar-refractivity contribution in [2.24, 2.45) is 0 Å². The van der Waals surface area contributed by atoms with Crippen LogP contribution in [0.15, 0.2) is 30.3 Å². The Morgan fingerprint density at radius 1 is 1.18 bits per heavy atom. The van der Waals surface area contributed by atoms with Gasteiger partial charge in [-0.2, -0.15) is 4.37 Å². The zero-order valence-electron chi connectivity index (χ0n) is 9.60. The smallest absolute Gasteiger partial charge is 0.202 e. The van der Waals surface area contributed by atoms with Gasteiger partial charge in [-0.15, -0.1) is 0 Å². The minimum Gasteiger partial charge on any atom is -0.358 e. The van der Waals surface area contributed by atoms with Crippen LogP contribution in [0.2, 0.25) is 0 Å². The molecule has 3 nitrogen and oxygen atoms in total. The molecule has 2 aromatic rings. The molecule has 0 spiro atoms. The first-order valence-electron chi connectivity index (χ1n) is 6.03. The molecule has 88 valence electrons. The van der Waals surface area contributed by atoms with Gasteiger partial charge in [0.25, 0.3) is 0 Å². The van der Waals surface area contributed by atoms with Crippen molar-refractivity contribution in [1.82, 2.24) is 9.36 Å². The van der Waals surface area contributed by atoms with Crippen molar-refractivity contribution >= 4 is 16.7 Å². The molecule has 4 heteroatoms. The van der Waals surface area contributed by atoms with Gasteiger partial charge in [-0.25, -0.2) is 4.98 Å². The van der Waals surface area contributed by atoms with Crippen molar-refractivity contribution in [3.05, 3.63) is 41.7 Å². The van der Waals surface area contributed by atoms with Gasteiger partial charge in [-0.3, -0.25) is 0 Å². The molecule has 17 heavy (non-hydrogen) atoms. The lowest BCUT2D eigenvalue weighted by Gasteiger charge is -1.97. The third kappa shape index (κ3) is 3.03. The maximum absolute atomic E-state index is 4.50. The molecule has 0 unspecified atom stereocenters. The third-order valence-corrected chi connectivity index (χ3v) is 3.54. The van der Waals surface area contributed by atoms with Crippen molar-refractivity contribution in [2.75, 3.05) is 5.32 Å². The van der Waals surface area contributed by atoms with Crippen molar-refractivity contribution < 1.29 is 0 Å². The normalized spacial score (nSPS) is 14.8. The van der Waals surface area contributed by atoms with E-state index in [9.17, 15) is 0 Å². The van der Waals surface area contributed by atoms with Crippen LogP contribution >= 0.6 is 11.5 Å². The summed E-state index contributed by atoms with van der Waals surface area (Å²) < 4.78 is 4.38. The number of rotatable bonds is 5. The van der Waals surface area contributed by atoms with Crippen molar-refractivity contribution in [3.63, 3.8) is 0 Å². The summed E-state index contributed by atoms with van der Waals surface area (Å²) in [5.74, 6) is 0.960. The summed E-state index contributed by atoms with van der Waals surface area (Å²) in [7, 11) is 0. The molecular formula is C13H15N3S. The second kappa shape index (κ2) is 4.84. The van der Waals surface area contributed by atoms with Crippen LogP contribution in [0.25, 0.3) is 0 Å². The van der Waals surface area contributed by atoms with Gasteiger partial charge >= 0.3 is 0 Å². The Hall–Kier alpha value is -1.42. The standard InChI is InChI=1S/C13H15N3S/c1-2-4-10(5-3-1)6-9-12-15-13(17-16-12)14-11-7-8-11/h1-5,11H,6-9H2,(H,14,15,16). The van der Waals surface area contributed by atoms with Gasteiger partial charge in [0.2, 0.25) is 5.13 Å². The molecule has 0 amide bonds. The second-order valence-corrected chi connectivity index (χ2v) is 5.17. The molecule has 1 aliphatic carbocycles. The summed E-state index contributed by atoms with van der Waals surface area (Å²) in [5.41, 5.74) is 1.35.